The first-order chi connectivity index (χ1) is 32.1. The maximum atomic E-state index is 7.19. The van der Waals surface area contributed by atoms with Gasteiger partial charge in [-0.2, -0.15) is 25.3 Å². The van der Waals surface area contributed by atoms with E-state index in [1.165, 1.54) is 67.3 Å². The van der Waals surface area contributed by atoms with Gasteiger partial charge in [-0.3, -0.25) is 5.32 Å². The Morgan fingerprint density at radius 2 is 1.30 bits per heavy atom. The Hall–Kier alpha value is -1.26. The van der Waals surface area contributed by atoms with E-state index in [1.807, 2.05) is 47.0 Å². The number of thiol groups is 2. The number of hydrogen-bond donors (Lipinski definition) is 6. The molecule has 5 N–H and O–H groups in total. The smallest absolute Gasteiger partial charge is 0.197 e. The first kappa shape index (κ1) is 55.7. The Morgan fingerprint density at radius 3 is 1.86 bits per heavy atom. The molecule has 0 saturated carbocycles. The van der Waals surface area contributed by atoms with Gasteiger partial charge in [-0.15, -0.1) is 47.0 Å². The third-order valence-corrected chi connectivity index (χ3v) is 19.4. The zero-order valence-corrected chi connectivity index (χ0v) is 45.2. The van der Waals surface area contributed by atoms with Gasteiger partial charge >= 0.3 is 0 Å². The van der Waals surface area contributed by atoms with E-state index in [0.29, 0.717) is 37.3 Å². The number of hydrogen-bond acceptors (Lipinski definition) is 12. The fourth-order valence-electron chi connectivity index (χ4n) is 8.41. The van der Waals surface area contributed by atoms with Gasteiger partial charge in [0.1, 0.15) is 9.58 Å². The van der Waals surface area contributed by atoms with E-state index in [4.69, 9.17) is 40.5 Å². The predicted molar refractivity (Wildman–Crippen MR) is 301 cm³/mol. The summed E-state index contributed by atoms with van der Waals surface area (Å²) >= 11 is 17.7. The molecule has 0 bridgehead atoms. The van der Waals surface area contributed by atoms with E-state index >= 15 is 0 Å². The molecule has 6 rings (SSSR count). The maximum Gasteiger partial charge on any atom is 0.197 e. The zero-order valence-electron chi connectivity index (χ0n) is 40.2. The van der Waals surface area contributed by atoms with Crippen molar-refractivity contribution >= 4 is 72.3 Å². The fraction of sp³-hybridized carbons (Fsp3) is 0.556. The first-order valence-electron chi connectivity index (χ1n) is 24.5. The van der Waals surface area contributed by atoms with E-state index in [1.54, 1.807) is 0 Å². The monoisotopic (exact) mass is 1010 g/mol. The molecule has 12 heteroatoms. The summed E-state index contributed by atoms with van der Waals surface area (Å²) in [7, 11) is 0. The zero-order chi connectivity index (χ0) is 47.0. The second-order valence-electron chi connectivity index (χ2n) is 18.0. The molecule has 2 fully saturated rings. The van der Waals surface area contributed by atoms with Gasteiger partial charge in [-0.1, -0.05) is 175 Å². The quantitative estimate of drug-likeness (QED) is 0.0245. The van der Waals surface area contributed by atoms with Crippen LogP contribution in [-0.4, -0.2) is 76.4 Å². The molecule has 0 aliphatic carbocycles. The molecule has 0 radical (unpaired) electrons. The van der Waals surface area contributed by atoms with Gasteiger partial charge in [-0.25, -0.2) is 0 Å². The molecule has 2 aliphatic rings. The van der Waals surface area contributed by atoms with E-state index in [2.05, 4.69) is 172 Å². The Kier molecular flexibility index (Phi) is 25.7. The van der Waals surface area contributed by atoms with Gasteiger partial charge < -0.3 is 25.8 Å². The second kappa shape index (κ2) is 30.5. The van der Waals surface area contributed by atoms with E-state index in [-0.39, 0.29) is 27.3 Å². The number of nitrogens with two attached hydrogens (primary N) is 1. The summed E-state index contributed by atoms with van der Waals surface area (Å²) in [4.78, 5) is 0. The molecule has 6 nitrogen and oxygen atoms in total. The van der Waals surface area contributed by atoms with Crippen LogP contribution in [0.15, 0.2) is 121 Å². The number of benzene rings is 4. The lowest BCUT2D eigenvalue weighted by atomic mass is 10.0. The van der Waals surface area contributed by atoms with Crippen molar-refractivity contribution in [3.8, 4) is 0 Å². The summed E-state index contributed by atoms with van der Waals surface area (Å²) in [5, 5.41) is 12.2. The van der Waals surface area contributed by atoms with Crippen molar-refractivity contribution in [2.75, 3.05) is 43.6 Å². The van der Waals surface area contributed by atoms with Gasteiger partial charge in [-0.05, 0) is 60.4 Å². The minimum atomic E-state index is -0.841. The highest BCUT2D eigenvalue weighted by atomic mass is 32.2. The number of ether oxygens (including phenoxy) is 2. The van der Waals surface area contributed by atoms with Gasteiger partial charge in [0.2, 0.25) is 0 Å². The first-order valence-corrected chi connectivity index (χ1v) is 29.5. The third-order valence-electron chi connectivity index (χ3n) is 11.9. The van der Waals surface area contributed by atoms with Gasteiger partial charge in [0.15, 0.2) is 5.79 Å². The average molecular weight is 1010 g/mol. The van der Waals surface area contributed by atoms with Crippen molar-refractivity contribution in [1.82, 2.24) is 16.0 Å². The largest absolute Gasteiger partial charge is 0.345 e. The summed E-state index contributed by atoms with van der Waals surface area (Å²) in [6.07, 6.45) is 9.59. The third kappa shape index (κ3) is 18.8. The SMILES string of the molecule is CC(C)CC(NC(SCC(S)c1ccccc1)C1(Cc2ccccc2)OCCO1)C(NC[C@@]1(N)SCC(c2ccccc2)S1)SCC(S)c1ccccc1.CCCC[C@@H](CCC)NCCC. The molecule has 2 aliphatic heterocycles. The van der Waals surface area contributed by atoms with Crippen LogP contribution in [0.25, 0.3) is 0 Å². The van der Waals surface area contributed by atoms with Crippen molar-refractivity contribution in [1.29, 1.82) is 0 Å². The van der Waals surface area contributed by atoms with Crippen LogP contribution in [0.4, 0.5) is 0 Å². The van der Waals surface area contributed by atoms with Crippen molar-refractivity contribution in [3.05, 3.63) is 144 Å². The van der Waals surface area contributed by atoms with Crippen LogP contribution in [0.5, 0.6) is 0 Å². The molecule has 2 saturated heterocycles. The Bertz CT molecular complexity index is 1840. The Morgan fingerprint density at radius 1 is 0.727 bits per heavy atom. The lowest BCUT2D eigenvalue weighted by Crippen LogP contribution is -2.59. The standard InChI is InChI=1S/C43H55N3O2S6.C11H25N/c1-31(2)25-36(46-41(52-28-38(50)34-19-11-5-12-20-34)42(47-23-24-48-42)26-32-15-7-3-8-16-32)40(51-27-37(49)33-17-9-4-10-18-33)45-30-43(44)53-29-39(54-43)35-21-13-6-14-22-35;1-4-7-9-11(8-5-2)12-10-6-3/h3-22,31,36-41,45-46,49-50H,23-30,44H2,1-2H3;11-12H,4-10H2,1-3H3/t36?,37?,38?,39?,40?,41?,43-;11-/m11/s1. The number of unbranched alkanes of at least 4 members (excludes halogenated alkanes) is 1. The molecular weight excluding hydrogens is 929 g/mol. The summed E-state index contributed by atoms with van der Waals surface area (Å²) in [5.74, 6) is 2.23. The lowest BCUT2D eigenvalue weighted by molar-refractivity contribution is -0.162. The number of thioether (sulfide) groups is 4. The summed E-state index contributed by atoms with van der Waals surface area (Å²) < 4.78 is 13.0. The van der Waals surface area contributed by atoms with Gasteiger partial charge in [0.05, 0.1) is 18.6 Å². The van der Waals surface area contributed by atoms with Crippen LogP contribution in [0.1, 0.15) is 118 Å². The molecule has 0 amide bonds. The normalized spacial score (nSPS) is 20.8. The van der Waals surface area contributed by atoms with Crippen LogP contribution in [0, 0.1) is 5.92 Å². The van der Waals surface area contributed by atoms with Gasteiger partial charge in [0.25, 0.3) is 0 Å². The minimum Gasteiger partial charge on any atom is -0.345 e. The summed E-state index contributed by atoms with van der Waals surface area (Å²) in [6, 6.07) is 43.4. The Labute approximate surface area is 428 Å². The van der Waals surface area contributed by atoms with Gasteiger partial charge in [0, 0.05) is 58.1 Å². The number of rotatable bonds is 28. The second-order valence-corrected chi connectivity index (χ2v) is 24.7. The highest BCUT2D eigenvalue weighted by molar-refractivity contribution is 8.21. The average Bonchev–Trinajstić information content (AvgIpc) is 3.99. The van der Waals surface area contributed by atoms with E-state index in [9.17, 15) is 0 Å². The molecule has 66 heavy (non-hydrogen) atoms. The molecule has 2 heterocycles. The molecule has 0 aromatic heterocycles. The topological polar surface area (TPSA) is 80.6 Å². The molecule has 4 aromatic carbocycles. The van der Waals surface area contributed by atoms with Crippen molar-refractivity contribution in [2.45, 2.75) is 135 Å². The highest BCUT2D eigenvalue weighted by Crippen LogP contribution is 2.51. The highest BCUT2D eigenvalue weighted by Gasteiger charge is 2.47. The maximum absolute atomic E-state index is 7.19. The van der Waals surface area contributed by atoms with E-state index in [0.717, 1.165) is 29.7 Å². The fourth-order valence-corrected chi connectivity index (χ4v) is 14.8. The molecule has 364 valence electrons. The van der Waals surface area contributed by atoms with Crippen LogP contribution in [0.3, 0.4) is 0 Å². The lowest BCUT2D eigenvalue weighted by Gasteiger charge is -2.41. The van der Waals surface area contributed by atoms with Crippen molar-refractivity contribution in [2.24, 2.45) is 11.7 Å². The molecular formula is C54H80N4O2S6. The Balaban J connectivity index is 0.000000597. The van der Waals surface area contributed by atoms with Crippen LogP contribution in [0.2, 0.25) is 0 Å². The predicted octanol–water partition coefficient (Wildman–Crippen LogP) is 13.2. The summed E-state index contributed by atoms with van der Waals surface area (Å²) in [6.45, 7) is 14.4. The molecule has 0 spiro atoms. The van der Waals surface area contributed by atoms with E-state index < -0.39 is 9.99 Å². The molecule has 8 atom stereocenters. The van der Waals surface area contributed by atoms with Crippen molar-refractivity contribution < 1.29 is 9.47 Å². The minimum absolute atomic E-state index is 0.0439. The van der Waals surface area contributed by atoms with Crippen molar-refractivity contribution in [3.63, 3.8) is 0 Å². The summed E-state index contributed by atoms with van der Waals surface area (Å²) in [5.41, 5.74) is 12.2. The number of nitrogens with one attached hydrogen (secondary N) is 3. The molecule has 6 unspecified atom stereocenters. The van der Waals surface area contributed by atoms with Crippen LogP contribution in [-0.2, 0) is 15.9 Å². The molecule has 4 aromatic rings. The van der Waals surface area contributed by atoms with Crippen LogP contribution >= 0.6 is 72.3 Å². The van der Waals surface area contributed by atoms with Crippen LogP contribution < -0.4 is 21.7 Å².